The van der Waals surface area contributed by atoms with Crippen molar-refractivity contribution in [3.8, 4) is 17.4 Å². The molecule has 0 saturated carbocycles. The maximum absolute atomic E-state index is 12.7. The number of pyridine rings is 1. The smallest absolute Gasteiger partial charge is 0.352 e. The van der Waals surface area contributed by atoms with Gasteiger partial charge in [-0.2, -0.15) is 0 Å². The molecule has 2 heterocycles. The Morgan fingerprint density at radius 3 is 2.50 bits per heavy atom. The second kappa shape index (κ2) is 9.52. The van der Waals surface area contributed by atoms with Crippen LogP contribution < -0.4 is 14.2 Å². The third-order valence-electron chi connectivity index (χ3n) is 4.92. The number of hydrogen-bond donors (Lipinski definition) is 0. The number of aromatic nitrogens is 1. The molecule has 0 aliphatic carbocycles. The lowest BCUT2D eigenvalue weighted by Gasteiger charge is -2.34. The van der Waals surface area contributed by atoms with Gasteiger partial charge in [-0.05, 0) is 30.3 Å². The van der Waals surface area contributed by atoms with Gasteiger partial charge in [-0.3, -0.25) is 4.90 Å². The van der Waals surface area contributed by atoms with Crippen molar-refractivity contribution >= 4 is 5.97 Å². The lowest BCUT2D eigenvalue weighted by Crippen LogP contribution is -2.45. The van der Waals surface area contributed by atoms with Crippen molar-refractivity contribution < 1.29 is 19.0 Å². The highest BCUT2D eigenvalue weighted by Crippen LogP contribution is 2.27. The summed E-state index contributed by atoms with van der Waals surface area (Å²) in [7, 11) is 2.95. The molecule has 2 aromatic rings. The van der Waals surface area contributed by atoms with Gasteiger partial charge >= 0.3 is 5.97 Å². The van der Waals surface area contributed by atoms with Crippen LogP contribution in [0.15, 0.2) is 36.5 Å². The van der Waals surface area contributed by atoms with Gasteiger partial charge in [-0.1, -0.05) is 19.1 Å². The van der Waals surface area contributed by atoms with Crippen molar-refractivity contribution in [2.75, 3.05) is 46.9 Å². The summed E-state index contributed by atoms with van der Waals surface area (Å²) < 4.78 is 16.0. The number of rotatable bonds is 7. The molecule has 0 unspecified atom stereocenters. The maximum atomic E-state index is 12.7. The Bertz CT molecular complexity index is 782. The second-order valence-electron chi connectivity index (χ2n) is 6.64. The number of hydrogen-bond acceptors (Lipinski definition) is 7. The third-order valence-corrected chi connectivity index (χ3v) is 4.92. The monoisotopic (exact) mass is 385 g/mol. The number of esters is 1. The molecular formula is C21H27N3O4. The average Bonchev–Trinajstić information content (AvgIpc) is 2.73. The molecule has 1 saturated heterocycles. The SMILES string of the molecule is CCN1CCN(Cc2cccc(OC(=O)c3c(OC)ccnc3OC)c2)CC1. The van der Waals surface area contributed by atoms with Crippen LogP contribution in [0.2, 0.25) is 0 Å². The van der Waals surface area contributed by atoms with Crippen LogP contribution in [0.3, 0.4) is 0 Å². The number of likely N-dealkylation sites (N-methyl/N-ethyl adjacent to an activating group) is 1. The molecule has 1 aliphatic heterocycles. The molecule has 150 valence electrons. The van der Waals surface area contributed by atoms with E-state index in [1.165, 1.54) is 20.4 Å². The molecule has 0 radical (unpaired) electrons. The number of piperazine rings is 1. The molecule has 7 nitrogen and oxygen atoms in total. The van der Waals surface area contributed by atoms with Gasteiger partial charge in [0.2, 0.25) is 5.88 Å². The van der Waals surface area contributed by atoms with Crippen LogP contribution in [0.4, 0.5) is 0 Å². The highest BCUT2D eigenvalue weighted by atomic mass is 16.5. The zero-order valence-electron chi connectivity index (χ0n) is 16.7. The van der Waals surface area contributed by atoms with Crippen molar-refractivity contribution in [1.82, 2.24) is 14.8 Å². The van der Waals surface area contributed by atoms with Gasteiger partial charge in [0.05, 0.1) is 14.2 Å². The van der Waals surface area contributed by atoms with Gasteiger partial charge in [0.15, 0.2) is 5.56 Å². The van der Waals surface area contributed by atoms with Gasteiger partial charge < -0.3 is 19.1 Å². The summed E-state index contributed by atoms with van der Waals surface area (Å²) >= 11 is 0. The van der Waals surface area contributed by atoms with Gasteiger partial charge in [-0.25, -0.2) is 9.78 Å². The number of carbonyl (C=O) groups is 1. The van der Waals surface area contributed by atoms with Crippen LogP contribution in [-0.2, 0) is 6.54 Å². The van der Waals surface area contributed by atoms with E-state index in [4.69, 9.17) is 14.2 Å². The van der Waals surface area contributed by atoms with Crippen LogP contribution in [0.25, 0.3) is 0 Å². The highest BCUT2D eigenvalue weighted by Gasteiger charge is 2.22. The largest absolute Gasteiger partial charge is 0.496 e. The summed E-state index contributed by atoms with van der Waals surface area (Å²) in [5.74, 6) is 0.467. The molecule has 1 aromatic heterocycles. The third kappa shape index (κ3) is 4.79. The quantitative estimate of drug-likeness (QED) is 0.536. The molecule has 0 atom stereocenters. The Morgan fingerprint density at radius 2 is 1.82 bits per heavy atom. The van der Waals surface area contributed by atoms with E-state index >= 15 is 0 Å². The first-order valence-corrected chi connectivity index (χ1v) is 9.47. The van der Waals surface area contributed by atoms with Crippen molar-refractivity contribution in [2.45, 2.75) is 13.5 Å². The lowest BCUT2D eigenvalue weighted by atomic mass is 10.2. The lowest BCUT2D eigenvalue weighted by molar-refractivity contribution is 0.0726. The maximum Gasteiger partial charge on any atom is 0.352 e. The van der Waals surface area contributed by atoms with E-state index in [2.05, 4.69) is 27.8 Å². The first kappa shape index (κ1) is 20.1. The van der Waals surface area contributed by atoms with E-state index in [0.717, 1.165) is 44.8 Å². The molecule has 7 heteroatoms. The standard InChI is InChI=1S/C21H27N3O4/c1-4-23-10-12-24(13-11-23)15-16-6-5-7-17(14-16)28-21(25)19-18(26-2)8-9-22-20(19)27-3/h5-9,14H,4,10-13,15H2,1-3H3. The Balaban J connectivity index is 1.69. The predicted octanol–water partition coefficient (Wildman–Crippen LogP) is 2.46. The molecule has 1 aliphatic rings. The topological polar surface area (TPSA) is 64.1 Å². The van der Waals surface area contributed by atoms with Crippen LogP contribution >= 0.6 is 0 Å². The molecule has 0 N–H and O–H groups in total. The minimum Gasteiger partial charge on any atom is -0.496 e. The molecular weight excluding hydrogens is 358 g/mol. The van der Waals surface area contributed by atoms with Gasteiger partial charge in [0.1, 0.15) is 11.5 Å². The van der Waals surface area contributed by atoms with Crippen LogP contribution in [-0.4, -0.2) is 67.7 Å². The van der Waals surface area contributed by atoms with Crippen LogP contribution in [0, 0.1) is 0 Å². The Morgan fingerprint density at radius 1 is 1.07 bits per heavy atom. The van der Waals surface area contributed by atoms with Gasteiger partial charge in [-0.15, -0.1) is 0 Å². The van der Waals surface area contributed by atoms with E-state index in [9.17, 15) is 4.79 Å². The molecule has 0 bridgehead atoms. The highest BCUT2D eigenvalue weighted by molar-refractivity contribution is 5.96. The molecule has 0 spiro atoms. The zero-order valence-corrected chi connectivity index (χ0v) is 16.7. The summed E-state index contributed by atoms with van der Waals surface area (Å²) in [5, 5.41) is 0. The molecule has 28 heavy (non-hydrogen) atoms. The first-order valence-electron chi connectivity index (χ1n) is 9.47. The fourth-order valence-corrected chi connectivity index (χ4v) is 3.33. The number of methoxy groups -OCH3 is 2. The summed E-state index contributed by atoms with van der Waals surface area (Å²) in [5.41, 5.74) is 1.29. The second-order valence-corrected chi connectivity index (χ2v) is 6.64. The summed E-state index contributed by atoms with van der Waals surface area (Å²) in [6, 6.07) is 9.23. The van der Waals surface area contributed by atoms with Crippen LogP contribution in [0.5, 0.6) is 17.4 Å². The van der Waals surface area contributed by atoms with E-state index in [0.29, 0.717) is 11.5 Å². The van der Waals surface area contributed by atoms with Gasteiger partial charge in [0, 0.05) is 38.9 Å². The molecule has 1 fully saturated rings. The number of nitrogens with zero attached hydrogens (tertiary/aromatic N) is 3. The van der Waals surface area contributed by atoms with Crippen molar-refractivity contribution in [3.05, 3.63) is 47.7 Å². The average molecular weight is 385 g/mol. The Kier molecular flexibility index (Phi) is 6.84. The van der Waals surface area contributed by atoms with Crippen LogP contribution in [0.1, 0.15) is 22.8 Å². The number of carbonyl (C=O) groups excluding carboxylic acids is 1. The van der Waals surface area contributed by atoms with E-state index in [-0.39, 0.29) is 11.4 Å². The fourth-order valence-electron chi connectivity index (χ4n) is 3.33. The summed E-state index contributed by atoms with van der Waals surface area (Å²) in [4.78, 5) is 21.6. The zero-order chi connectivity index (χ0) is 19.9. The normalized spacial score (nSPS) is 15.2. The van der Waals surface area contributed by atoms with E-state index in [1.54, 1.807) is 12.1 Å². The summed E-state index contributed by atoms with van der Waals surface area (Å²) in [6.07, 6.45) is 1.52. The van der Waals surface area contributed by atoms with Crippen molar-refractivity contribution in [1.29, 1.82) is 0 Å². The van der Waals surface area contributed by atoms with Crippen molar-refractivity contribution in [3.63, 3.8) is 0 Å². The molecule has 3 rings (SSSR count). The predicted molar refractivity (Wildman–Crippen MR) is 106 cm³/mol. The van der Waals surface area contributed by atoms with E-state index in [1.807, 2.05) is 12.1 Å². The van der Waals surface area contributed by atoms with Gasteiger partial charge in [0.25, 0.3) is 0 Å². The van der Waals surface area contributed by atoms with Crippen molar-refractivity contribution in [2.24, 2.45) is 0 Å². The molecule has 1 aromatic carbocycles. The Hall–Kier alpha value is -2.64. The minimum atomic E-state index is -0.560. The Labute approximate surface area is 165 Å². The molecule has 0 amide bonds. The van der Waals surface area contributed by atoms with E-state index < -0.39 is 5.97 Å². The minimum absolute atomic E-state index is 0.175. The number of benzene rings is 1. The fraction of sp³-hybridized carbons (Fsp3) is 0.429. The number of ether oxygens (including phenoxy) is 3. The summed E-state index contributed by atoms with van der Waals surface area (Å²) in [6.45, 7) is 8.39. The first-order chi connectivity index (χ1) is 13.6.